The zero-order valence-corrected chi connectivity index (χ0v) is 27.6. The number of benzene rings is 1. The van der Waals surface area contributed by atoms with E-state index in [4.69, 9.17) is 9.47 Å². The first-order chi connectivity index (χ1) is 20.5. The number of allylic oxidation sites excluding steroid dienone is 3. The van der Waals surface area contributed by atoms with Crippen molar-refractivity contribution in [3.63, 3.8) is 0 Å². The van der Waals surface area contributed by atoms with Crippen molar-refractivity contribution in [1.82, 2.24) is 0 Å². The van der Waals surface area contributed by atoms with Gasteiger partial charge < -0.3 is 19.7 Å². The van der Waals surface area contributed by atoms with Crippen LogP contribution < -0.4 is 0 Å². The van der Waals surface area contributed by atoms with Crippen molar-refractivity contribution in [2.24, 2.45) is 45.3 Å². The van der Waals surface area contributed by atoms with E-state index in [2.05, 4.69) is 46.8 Å². The fourth-order valence-electron chi connectivity index (χ4n) is 10.9. The third kappa shape index (κ3) is 4.77. The highest BCUT2D eigenvalue weighted by Gasteiger charge is 2.69. The van der Waals surface area contributed by atoms with E-state index in [1.54, 1.807) is 13.8 Å². The van der Waals surface area contributed by atoms with Gasteiger partial charge in [0.05, 0.1) is 24.7 Å². The molecule has 10 atom stereocenters. The molecule has 44 heavy (non-hydrogen) atoms. The highest BCUT2D eigenvalue weighted by Crippen LogP contribution is 2.72. The van der Waals surface area contributed by atoms with E-state index in [9.17, 15) is 19.8 Å². The summed E-state index contributed by atoms with van der Waals surface area (Å²) >= 11 is 0. The lowest BCUT2D eigenvalue weighted by atomic mass is 9.38. The van der Waals surface area contributed by atoms with Crippen LogP contribution >= 0.6 is 0 Å². The van der Waals surface area contributed by atoms with Gasteiger partial charge in [-0.25, -0.2) is 0 Å². The van der Waals surface area contributed by atoms with Crippen LogP contribution in [0, 0.1) is 45.3 Å². The van der Waals surface area contributed by atoms with Gasteiger partial charge in [0, 0.05) is 10.8 Å². The normalized spacial score (nSPS) is 43.0. The van der Waals surface area contributed by atoms with Crippen LogP contribution in [0.25, 0.3) is 0 Å². The van der Waals surface area contributed by atoms with Crippen molar-refractivity contribution < 1.29 is 29.3 Å². The lowest BCUT2D eigenvalue weighted by Gasteiger charge is -2.66. The van der Waals surface area contributed by atoms with Crippen molar-refractivity contribution in [3.8, 4) is 0 Å². The van der Waals surface area contributed by atoms with Gasteiger partial charge in [0.15, 0.2) is 5.78 Å². The minimum atomic E-state index is -1.10. The highest BCUT2D eigenvalue weighted by atomic mass is 16.5. The Morgan fingerprint density at radius 2 is 1.77 bits per heavy atom. The van der Waals surface area contributed by atoms with Crippen LogP contribution in [-0.4, -0.2) is 52.5 Å². The molecule has 2 saturated carbocycles. The molecular formula is C38H52O6. The molecule has 0 spiro atoms. The summed E-state index contributed by atoms with van der Waals surface area (Å²) in [6.07, 6.45) is 9.10. The van der Waals surface area contributed by atoms with Gasteiger partial charge in [0.25, 0.3) is 0 Å². The summed E-state index contributed by atoms with van der Waals surface area (Å²) in [6, 6.07) is 9.76. The second kappa shape index (κ2) is 10.6. The Kier molecular flexibility index (Phi) is 7.66. The number of carbonyl (C=O) groups excluding carboxylic acids is 2. The molecule has 6 rings (SSSR count). The predicted molar refractivity (Wildman–Crippen MR) is 169 cm³/mol. The summed E-state index contributed by atoms with van der Waals surface area (Å²) < 4.78 is 12.7. The van der Waals surface area contributed by atoms with Crippen LogP contribution in [0.1, 0.15) is 86.1 Å². The highest BCUT2D eigenvalue weighted by molar-refractivity contribution is 5.95. The standard InChI is InChI=1S/C38H52O6/c1-34(2)29-21-31(44-32(41)19-23-11-9-8-10-12-23)38(7)27-14-13-25(24-20-26(39)33(43-22-24)35(3,4)42)36(27,5)17-15-28(38)37(29,6)18-16-30(34)40/h8-12,14,16,18,24-26,28-29,31,33,39,42H,13,15,17,19-22H2,1-7H3/t24-,25+,26-,28-,29+,31-,33-,36+,37-,38+/m1/s1. The molecule has 0 unspecified atom stereocenters. The van der Waals surface area contributed by atoms with Gasteiger partial charge in [-0.05, 0) is 92.1 Å². The van der Waals surface area contributed by atoms with Gasteiger partial charge in [-0.1, -0.05) is 82.7 Å². The number of esters is 1. The summed E-state index contributed by atoms with van der Waals surface area (Å²) in [4.78, 5) is 26.8. The van der Waals surface area contributed by atoms with Crippen LogP contribution in [0.4, 0.5) is 0 Å². The lowest BCUT2D eigenvalue weighted by molar-refractivity contribution is -0.196. The average Bonchev–Trinajstić information content (AvgIpc) is 3.30. The largest absolute Gasteiger partial charge is 0.461 e. The molecule has 1 aliphatic heterocycles. The molecule has 0 amide bonds. The zero-order chi connectivity index (χ0) is 31.9. The molecule has 3 fully saturated rings. The third-order valence-corrected chi connectivity index (χ3v) is 13.1. The van der Waals surface area contributed by atoms with Crippen molar-refractivity contribution in [3.05, 3.63) is 59.7 Å². The predicted octanol–water partition coefficient (Wildman–Crippen LogP) is 6.24. The molecule has 5 aliphatic rings. The van der Waals surface area contributed by atoms with Crippen molar-refractivity contribution >= 4 is 11.8 Å². The molecule has 2 N–H and O–H groups in total. The van der Waals surface area contributed by atoms with E-state index in [1.807, 2.05) is 36.4 Å². The summed E-state index contributed by atoms with van der Waals surface area (Å²) in [6.45, 7) is 15.1. The molecule has 1 saturated heterocycles. The Morgan fingerprint density at radius 1 is 1.07 bits per heavy atom. The van der Waals surface area contributed by atoms with Crippen molar-refractivity contribution in [2.45, 2.75) is 111 Å². The average molecular weight is 605 g/mol. The number of aliphatic hydroxyl groups excluding tert-OH is 1. The van der Waals surface area contributed by atoms with Crippen LogP contribution in [0.3, 0.4) is 0 Å². The maximum Gasteiger partial charge on any atom is 0.310 e. The smallest absolute Gasteiger partial charge is 0.310 e. The second-order valence-electron chi connectivity index (χ2n) is 16.4. The number of fused-ring (bicyclic) bond motifs is 5. The lowest BCUT2D eigenvalue weighted by Crippen LogP contribution is -2.64. The molecule has 4 aliphatic carbocycles. The molecule has 0 radical (unpaired) electrons. The summed E-state index contributed by atoms with van der Waals surface area (Å²) in [5, 5.41) is 21.6. The van der Waals surface area contributed by atoms with Gasteiger partial charge in [-0.2, -0.15) is 0 Å². The first-order valence-corrected chi connectivity index (χ1v) is 16.7. The fourth-order valence-corrected chi connectivity index (χ4v) is 10.9. The number of ether oxygens (including phenoxy) is 2. The Morgan fingerprint density at radius 3 is 2.43 bits per heavy atom. The van der Waals surface area contributed by atoms with Gasteiger partial charge in [-0.15, -0.1) is 0 Å². The minimum absolute atomic E-state index is 0.0583. The Balaban J connectivity index is 1.35. The van der Waals surface area contributed by atoms with E-state index in [0.717, 1.165) is 24.8 Å². The quantitative estimate of drug-likeness (QED) is 0.306. The van der Waals surface area contributed by atoms with Crippen molar-refractivity contribution in [2.75, 3.05) is 6.61 Å². The van der Waals surface area contributed by atoms with E-state index in [1.165, 1.54) is 5.57 Å². The van der Waals surface area contributed by atoms with E-state index < -0.39 is 28.6 Å². The Labute approximate surface area is 263 Å². The van der Waals surface area contributed by atoms with Gasteiger partial charge in [-0.3, -0.25) is 9.59 Å². The number of hydrogen-bond acceptors (Lipinski definition) is 6. The van der Waals surface area contributed by atoms with E-state index in [-0.39, 0.29) is 52.9 Å². The SMILES string of the molecule is CC(C)(O)[C@@H]1OC[C@H]([C@@H]2CC=C3[C@@]4(C)[C@H](CC[C@]32C)[C@@]2(C)C=CC(=O)C(C)(C)[C@@H]2C[C@H]4OC(=O)Cc2ccccc2)C[C@H]1O. The monoisotopic (exact) mass is 604 g/mol. The second-order valence-corrected chi connectivity index (χ2v) is 16.4. The third-order valence-electron chi connectivity index (χ3n) is 13.1. The number of aliphatic hydroxyl groups is 2. The number of rotatable bonds is 5. The van der Waals surface area contributed by atoms with Gasteiger partial charge in [0.2, 0.25) is 0 Å². The molecule has 1 heterocycles. The number of ketones is 1. The molecule has 6 heteroatoms. The van der Waals surface area contributed by atoms with Gasteiger partial charge >= 0.3 is 5.97 Å². The molecular weight excluding hydrogens is 552 g/mol. The number of carbonyl (C=O) groups is 2. The molecule has 1 aromatic rings. The molecule has 240 valence electrons. The van der Waals surface area contributed by atoms with E-state index >= 15 is 0 Å². The molecule has 0 bridgehead atoms. The molecule has 0 aromatic heterocycles. The van der Waals surface area contributed by atoms with E-state index in [0.29, 0.717) is 25.4 Å². The van der Waals surface area contributed by atoms with Crippen LogP contribution in [0.15, 0.2) is 54.1 Å². The maximum atomic E-state index is 13.6. The summed E-state index contributed by atoms with van der Waals surface area (Å²) in [5.74, 6) is 0.655. The molecule has 1 aromatic carbocycles. The van der Waals surface area contributed by atoms with Gasteiger partial charge in [0.1, 0.15) is 12.2 Å². The Bertz CT molecular complexity index is 1350. The summed E-state index contributed by atoms with van der Waals surface area (Å²) in [7, 11) is 0. The number of hydrogen-bond donors (Lipinski definition) is 2. The zero-order valence-electron chi connectivity index (χ0n) is 27.6. The first-order valence-electron chi connectivity index (χ1n) is 16.7. The maximum absolute atomic E-state index is 13.6. The summed E-state index contributed by atoms with van der Waals surface area (Å²) in [5.41, 5.74) is -0.0720. The van der Waals surface area contributed by atoms with Crippen LogP contribution in [0.5, 0.6) is 0 Å². The first kappa shape index (κ1) is 31.7. The fraction of sp³-hybridized carbons (Fsp3) is 0.684. The molecule has 6 nitrogen and oxygen atoms in total. The Hall–Kier alpha value is -2.28. The van der Waals surface area contributed by atoms with Crippen LogP contribution in [-0.2, 0) is 25.5 Å². The topological polar surface area (TPSA) is 93.1 Å². The minimum Gasteiger partial charge on any atom is -0.461 e. The van der Waals surface area contributed by atoms with Crippen molar-refractivity contribution in [1.29, 1.82) is 0 Å². The van der Waals surface area contributed by atoms with Crippen LogP contribution in [0.2, 0.25) is 0 Å².